The molecule has 0 spiro atoms. The lowest BCUT2D eigenvalue weighted by Gasteiger charge is -2.36. The molecule has 5 aromatic carbocycles. The van der Waals surface area contributed by atoms with Gasteiger partial charge in [-0.1, -0.05) is 127 Å². The Hall–Kier alpha value is -5.15. The standard InChI is InChI=1S/C44H45N5O6S2/c1-30-11-21-39(22-12-30)57(52,53)48-40(24-31-7-4-3-5-8-31)42(51)45-26-33-9-6-10-37(23-33)34-17-19-36(20-18-34)43-54-38(28-56-44-47-46-29-49(44)2)25-41(55-43)35-15-13-32(27-50)14-16-35/h3-23,29,38,40-41,43,48,50H,24-28H2,1-2H3,(H,45,51)/t38-,40-,41+,43+/m1/s1. The van der Waals surface area contributed by atoms with Crippen molar-refractivity contribution in [2.45, 2.75) is 67.5 Å². The number of amides is 1. The zero-order valence-corrected chi connectivity index (χ0v) is 33.3. The summed E-state index contributed by atoms with van der Waals surface area (Å²) in [4.78, 5) is 13.7. The predicted octanol–water partition coefficient (Wildman–Crippen LogP) is 6.83. The Labute approximate surface area is 337 Å². The number of hydrogen-bond donors (Lipinski definition) is 3. The second kappa shape index (κ2) is 18.4. The van der Waals surface area contributed by atoms with Crippen molar-refractivity contribution >= 4 is 27.7 Å². The summed E-state index contributed by atoms with van der Waals surface area (Å²) >= 11 is 1.59. The van der Waals surface area contributed by atoms with Crippen molar-refractivity contribution in [3.05, 3.63) is 167 Å². The number of aryl methyl sites for hydroxylation is 2. The van der Waals surface area contributed by atoms with Gasteiger partial charge in [-0.05, 0) is 64.9 Å². The molecule has 7 rings (SSSR count). The van der Waals surface area contributed by atoms with Gasteiger partial charge in [0.05, 0.1) is 23.7 Å². The Morgan fingerprint density at radius 2 is 1.58 bits per heavy atom. The first-order chi connectivity index (χ1) is 27.6. The third-order valence-electron chi connectivity index (χ3n) is 9.82. The Bertz CT molecular complexity index is 2360. The minimum atomic E-state index is -3.96. The van der Waals surface area contributed by atoms with Crippen LogP contribution in [0.5, 0.6) is 0 Å². The molecule has 1 amide bonds. The van der Waals surface area contributed by atoms with E-state index >= 15 is 0 Å². The highest BCUT2D eigenvalue weighted by molar-refractivity contribution is 7.99. The van der Waals surface area contributed by atoms with E-state index in [1.165, 1.54) is 12.1 Å². The summed E-state index contributed by atoms with van der Waals surface area (Å²) in [5.74, 6) is 0.248. The summed E-state index contributed by atoms with van der Waals surface area (Å²) in [6, 6.07) is 38.6. The molecule has 0 aliphatic carbocycles. The molecule has 11 nitrogen and oxygen atoms in total. The number of hydrogen-bond acceptors (Lipinski definition) is 9. The van der Waals surface area contributed by atoms with Crippen molar-refractivity contribution in [3.63, 3.8) is 0 Å². The van der Waals surface area contributed by atoms with Gasteiger partial charge in [-0.3, -0.25) is 4.79 Å². The maximum atomic E-state index is 13.6. The number of carbonyl (C=O) groups excluding carboxylic acids is 1. The first kappa shape index (κ1) is 40.1. The van der Waals surface area contributed by atoms with Gasteiger partial charge in [-0.2, -0.15) is 4.72 Å². The molecule has 1 saturated heterocycles. The molecule has 4 atom stereocenters. The van der Waals surface area contributed by atoms with Crippen molar-refractivity contribution in [1.82, 2.24) is 24.8 Å². The minimum Gasteiger partial charge on any atom is -0.392 e. The largest absolute Gasteiger partial charge is 0.392 e. The van der Waals surface area contributed by atoms with E-state index < -0.39 is 28.3 Å². The van der Waals surface area contributed by atoms with Crippen molar-refractivity contribution in [1.29, 1.82) is 0 Å². The number of sulfonamides is 1. The Morgan fingerprint density at radius 1 is 0.860 bits per heavy atom. The Kier molecular flexibility index (Phi) is 12.9. The van der Waals surface area contributed by atoms with E-state index in [9.17, 15) is 18.3 Å². The molecule has 294 valence electrons. The number of thioether (sulfide) groups is 1. The third kappa shape index (κ3) is 10.4. The summed E-state index contributed by atoms with van der Waals surface area (Å²) < 4.78 is 44.3. The van der Waals surface area contributed by atoms with Gasteiger partial charge < -0.3 is 24.5 Å². The van der Waals surface area contributed by atoms with Crippen molar-refractivity contribution < 1.29 is 27.8 Å². The number of aromatic nitrogens is 3. The monoisotopic (exact) mass is 803 g/mol. The molecule has 0 saturated carbocycles. The molecule has 6 aromatic rings. The maximum Gasteiger partial charge on any atom is 0.241 e. The molecule has 1 aliphatic heterocycles. The molecule has 1 aromatic heterocycles. The molecule has 1 aliphatic rings. The first-order valence-electron chi connectivity index (χ1n) is 18.7. The molecule has 57 heavy (non-hydrogen) atoms. The number of ether oxygens (including phenoxy) is 2. The van der Waals surface area contributed by atoms with E-state index in [-0.39, 0.29) is 36.7 Å². The first-order valence-corrected chi connectivity index (χ1v) is 21.2. The van der Waals surface area contributed by atoms with E-state index in [0.29, 0.717) is 12.2 Å². The van der Waals surface area contributed by atoms with Crippen LogP contribution in [0.3, 0.4) is 0 Å². The zero-order chi connectivity index (χ0) is 39.8. The average molecular weight is 804 g/mol. The molecule has 0 unspecified atom stereocenters. The Morgan fingerprint density at radius 3 is 2.28 bits per heavy atom. The van der Waals surface area contributed by atoms with Crippen LogP contribution in [0.25, 0.3) is 11.1 Å². The Balaban J connectivity index is 1.03. The lowest BCUT2D eigenvalue weighted by atomic mass is 9.99. The normalized spacial score (nSPS) is 17.6. The highest BCUT2D eigenvalue weighted by Crippen LogP contribution is 2.39. The number of nitrogens with zero attached hydrogens (tertiary/aromatic N) is 3. The SMILES string of the molecule is Cc1ccc(S(=O)(=O)N[C@H](Cc2ccccc2)C(=O)NCc2cccc(-c3ccc([C@H]4O[C@@H](CSc5nncn5C)C[C@@H](c5ccc(CO)cc5)O4)cc3)c2)cc1. The molecule has 13 heteroatoms. The van der Waals surface area contributed by atoms with Crippen LogP contribution in [0.15, 0.2) is 144 Å². The fourth-order valence-electron chi connectivity index (χ4n) is 6.61. The van der Waals surface area contributed by atoms with Gasteiger partial charge in [-0.25, -0.2) is 8.42 Å². The van der Waals surface area contributed by atoms with Crippen LogP contribution in [-0.4, -0.2) is 52.1 Å². The average Bonchev–Trinajstić information content (AvgIpc) is 3.66. The van der Waals surface area contributed by atoms with Crippen LogP contribution < -0.4 is 10.0 Å². The van der Waals surface area contributed by atoms with Crippen molar-refractivity contribution in [2.75, 3.05) is 5.75 Å². The van der Waals surface area contributed by atoms with E-state index in [0.717, 1.165) is 49.7 Å². The quantitative estimate of drug-likeness (QED) is 0.0953. The smallest absolute Gasteiger partial charge is 0.241 e. The zero-order valence-electron chi connectivity index (χ0n) is 31.7. The molecule has 1 fully saturated rings. The molecule has 2 heterocycles. The predicted molar refractivity (Wildman–Crippen MR) is 219 cm³/mol. The molecular weight excluding hydrogens is 759 g/mol. The number of benzene rings is 5. The summed E-state index contributed by atoms with van der Waals surface area (Å²) in [5.41, 5.74) is 7.31. The van der Waals surface area contributed by atoms with E-state index in [4.69, 9.17) is 9.47 Å². The van der Waals surface area contributed by atoms with E-state index in [1.807, 2.05) is 122 Å². The maximum absolute atomic E-state index is 13.6. The van der Waals surface area contributed by atoms with Crippen molar-refractivity contribution in [3.8, 4) is 11.1 Å². The number of carbonyl (C=O) groups is 1. The van der Waals surface area contributed by atoms with Gasteiger partial charge >= 0.3 is 0 Å². The lowest BCUT2D eigenvalue weighted by molar-refractivity contribution is -0.245. The topological polar surface area (TPSA) is 145 Å². The number of aliphatic hydroxyl groups excluding tert-OH is 1. The van der Waals surface area contributed by atoms with Gasteiger partial charge in [-0.15, -0.1) is 10.2 Å². The molecule has 0 bridgehead atoms. The molecule has 3 N–H and O–H groups in total. The van der Waals surface area contributed by atoms with Gasteiger partial charge in [0.2, 0.25) is 15.9 Å². The van der Waals surface area contributed by atoms with Gasteiger partial charge in [0.15, 0.2) is 11.4 Å². The fraction of sp³-hybridized carbons (Fsp3) is 0.250. The van der Waals surface area contributed by atoms with Crippen LogP contribution in [0.1, 0.15) is 52.2 Å². The van der Waals surface area contributed by atoms with Gasteiger partial charge in [0, 0.05) is 31.3 Å². The number of aliphatic hydroxyl groups is 1. The second-order valence-corrected chi connectivity index (χ2v) is 16.8. The summed E-state index contributed by atoms with van der Waals surface area (Å²) in [6.45, 7) is 2.07. The highest BCUT2D eigenvalue weighted by atomic mass is 32.2. The van der Waals surface area contributed by atoms with Crippen LogP contribution >= 0.6 is 11.8 Å². The van der Waals surface area contributed by atoms with Crippen LogP contribution in [0.2, 0.25) is 0 Å². The fourth-order valence-corrected chi connectivity index (χ4v) is 8.71. The van der Waals surface area contributed by atoms with Crippen LogP contribution in [0.4, 0.5) is 0 Å². The summed E-state index contributed by atoms with van der Waals surface area (Å²) in [5, 5.41) is 21.5. The van der Waals surface area contributed by atoms with E-state index in [1.54, 1.807) is 30.2 Å². The number of rotatable bonds is 15. The number of nitrogens with one attached hydrogen (secondary N) is 2. The van der Waals surface area contributed by atoms with Gasteiger partial charge in [0.1, 0.15) is 12.4 Å². The molecular formula is C44H45N5O6S2. The lowest BCUT2D eigenvalue weighted by Crippen LogP contribution is -2.47. The van der Waals surface area contributed by atoms with Crippen LogP contribution in [-0.2, 0) is 50.9 Å². The van der Waals surface area contributed by atoms with Crippen molar-refractivity contribution in [2.24, 2.45) is 7.05 Å². The highest BCUT2D eigenvalue weighted by Gasteiger charge is 2.33. The summed E-state index contributed by atoms with van der Waals surface area (Å²) in [6.07, 6.45) is 1.60. The summed E-state index contributed by atoms with van der Waals surface area (Å²) in [7, 11) is -2.04. The minimum absolute atomic E-state index is 0.0213. The van der Waals surface area contributed by atoms with Gasteiger partial charge in [0.25, 0.3) is 0 Å². The van der Waals surface area contributed by atoms with E-state index in [2.05, 4.69) is 20.2 Å². The third-order valence-corrected chi connectivity index (χ3v) is 12.5. The van der Waals surface area contributed by atoms with Crippen LogP contribution in [0, 0.1) is 6.92 Å². The molecule has 0 radical (unpaired) electrons. The second-order valence-electron chi connectivity index (χ2n) is 14.1.